The number of hydrogen-bond donors (Lipinski definition) is 2. The van der Waals surface area contributed by atoms with Crippen molar-refractivity contribution in [3.63, 3.8) is 0 Å². The Morgan fingerprint density at radius 3 is 1.36 bits per heavy atom. The van der Waals surface area contributed by atoms with Crippen LogP contribution in [0.3, 0.4) is 0 Å². The van der Waals surface area contributed by atoms with Crippen LogP contribution in [0.1, 0.15) is 37.8 Å². The van der Waals surface area contributed by atoms with Gasteiger partial charge in [0, 0.05) is 31.5 Å². The van der Waals surface area contributed by atoms with E-state index in [1.165, 1.54) is 11.1 Å². The van der Waals surface area contributed by atoms with Gasteiger partial charge in [-0.15, -0.1) is 0 Å². The van der Waals surface area contributed by atoms with Gasteiger partial charge >= 0.3 is 0 Å². The molecule has 0 fully saturated rings. The average Bonchev–Trinajstić information content (AvgIpc) is 2.63. The molecule has 136 valence electrons. The van der Waals surface area contributed by atoms with Crippen molar-refractivity contribution < 1.29 is 19.7 Å². The van der Waals surface area contributed by atoms with Gasteiger partial charge in [0.2, 0.25) is 0 Å². The molecule has 0 spiro atoms. The van der Waals surface area contributed by atoms with Crippen LogP contribution in [0.4, 0.5) is 0 Å². The molecule has 0 aliphatic rings. The molecule has 4 heteroatoms. The van der Waals surface area contributed by atoms with E-state index in [1.54, 1.807) is 0 Å². The molecule has 0 unspecified atom stereocenters. The molecule has 4 nitrogen and oxygen atoms in total. The number of aliphatic hydroxyl groups is 2. The van der Waals surface area contributed by atoms with Crippen molar-refractivity contribution in [3.8, 4) is 11.5 Å². The minimum Gasteiger partial charge on any atom is -0.494 e. The molecule has 0 aliphatic heterocycles. The quantitative estimate of drug-likeness (QED) is 0.647. The van der Waals surface area contributed by atoms with Crippen LogP contribution in [-0.2, 0) is 5.41 Å². The predicted molar refractivity (Wildman–Crippen MR) is 99.4 cm³/mol. The molecule has 0 saturated carbocycles. The van der Waals surface area contributed by atoms with Crippen molar-refractivity contribution in [2.75, 3.05) is 26.4 Å². The first-order valence-corrected chi connectivity index (χ1v) is 8.76. The van der Waals surface area contributed by atoms with Crippen LogP contribution in [0.15, 0.2) is 48.5 Å². The van der Waals surface area contributed by atoms with E-state index in [2.05, 4.69) is 38.1 Å². The van der Waals surface area contributed by atoms with Gasteiger partial charge in [-0.1, -0.05) is 38.1 Å². The van der Waals surface area contributed by atoms with E-state index in [4.69, 9.17) is 19.7 Å². The Kier molecular flexibility index (Phi) is 7.29. The Morgan fingerprint density at radius 2 is 1.04 bits per heavy atom. The van der Waals surface area contributed by atoms with E-state index in [9.17, 15) is 0 Å². The van der Waals surface area contributed by atoms with Crippen LogP contribution in [0.2, 0.25) is 0 Å². The zero-order valence-corrected chi connectivity index (χ0v) is 15.1. The Balaban J connectivity index is 2.04. The Hall–Kier alpha value is -2.04. The first kappa shape index (κ1) is 19.3. The van der Waals surface area contributed by atoms with E-state index in [-0.39, 0.29) is 18.6 Å². The minimum absolute atomic E-state index is 0.132. The first-order valence-electron chi connectivity index (χ1n) is 8.76. The summed E-state index contributed by atoms with van der Waals surface area (Å²) in [6, 6.07) is 16.2. The summed E-state index contributed by atoms with van der Waals surface area (Å²) in [6.07, 6.45) is 1.28. The highest BCUT2D eigenvalue weighted by Crippen LogP contribution is 2.33. The maximum absolute atomic E-state index is 8.80. The van der Waals surface area contributed by atoms with Gasteiger partial charge in [0.15, 0.2) is 0 Å². The number of hydrogen-bond acceptors (Lipinski definition) is 4. The van der Waals surface area contributed by atoms with Gasteiger partial charge in [0.1, 0.15) is 11.5 Å². The van der Waals surface area contributed by atoms with Crippen molar-refractivity contribution in [2.24, 2.45) is 0 Å². The summed E-state index contributed by atoms with van der Waals surface area (Å²) >= 11 is 0. The zero-order valence-electron chi connectivity index (χ0n) is 15.1. The van der Waals surface area contributed by atoms with Gasteiger partial charge < -0.3 is 19.7 Å². The van der Waals surface area contributed by atoms with Crippen molar-refractivity contribution in [3.05, 3.63) is 59.7 Å². The molecule has 0 saturated heterocycles. The van der Waals surface area contributed by atoms with Gasteiger partial charge in [-0.3, -0.25) is 0 Å². The van der Waals surface area contributed by atoms with Crippen LogP contribution in [0.25, 0.3) is 0 Å². The fourth-order valence-electron chi connectivity index (χ4n) is 2.61. The molecule has 0 radical (unpaired) electrons. The van der Waals surface area contributed by atoms with Gasteiger partial charge in [0.05, 0.1) is 13.2 Å². The van der Waals surface area contributed by atoms with Gasteiger partial charge in [0.25, 0.3) is 0 Å². The summed E-state index contributed by atoms with van der Waals surface area (Å²) in [5.41, 5.74) is 2.28. The predicted octanol–water partition coefficient (Wildman–Crippen LogP) is 3.53. The largest absolute Gasteiger partial charge is 0.494 e. The third kappa shape index (κ3) is 5.48. The first-order chi connectivity index (χ1) is 12.1. The molecule has 2 aromatic rings. The summed E-state index contributed by atoms with van der Waals surface area (Å²) in [7, 11) is 0. The summed E-state index contributed by atoms with van der Waals surface area (Å²) in [4.78, 5) is 0. The Morgan fingerprint density at radius 1 is 0.680 bits per heavy atom. The third-order valence-electron chi connectivity index (χ3n) is 4.29. The van der Waals surface area contributed by atoms with Gasteiger partial charge in [-0.05, 0) is 35.4 Å². The van der Waals surface area contributed by atoms with Crippen molar-refractivity contribution in [1.82, 2.24) is 0 Å². The molecule has 0 bridgehead atoms. The normalized spacial score (nSPS) is 11.4. The van der Waals surface area contributed by atoms with Crippen LogP contribution in [0, 0.1) is 0 Å². The zero-order chi connectivity index (χ0) is 18.1. The van der Waals surface area contributed by atoms with Gasteiger partial charge in [-0.25, -0.2) is 0 Å². The highest BCUT2D eigenvalue weighted by molar-refractivity contribution is 5.41. The van der Waals surface area contributed by atoms with E-state index < -0.39 is 0 Å². The summed E-state index contributed by atoms with van der Waals surface area (Å²) in [6.45, 7) is 5.72. The molecule has 0 aliphatic carbocycles. The molecular weight excluding hydrogens is 316 g/mol. The second-order valence-corrected chi connectivity index (χ2v) is 6.52. The molecule has 0 atom stereocenters. The molecule has 2 aromatic carbocycles. The van der Waals surface area contributed by atoms with Crippen LogP contribution in [0.5, 0.6) is 11.5 Å². The average molecular weight is 344 g/mol. The molecule has 0 aromatic heterocycles. The monoisotopic (exact) mass is 344 g/mol. The lowest BCUT2D eigenvalue weighted by Crippen LogP contribution is -2.18. The number of rotatable bonds is 10. The lowest BCUT2D eigenvalue weighted by molar-refractivity contribution is 0.233. The van der Waals surface area contributed by atoms with Crippen LogP contribution in [-0.4, -0.2) is 36.6 Å². The van der Waals surface area contributed by atoms with Crippen molar-refractivity contribution in [2.45, 2.75) is 32.1 Å². The highest BCUT2D eigenvalue weighted by Gasteiger charge is 2.23. The topological polar surface area (TPSA) is 58.9 Å². The summed E-state index contributed by atoms with van der Waals surface area (Å²) in [5, 5.41) is 17.6. The van der Waals surface area contributed by atoms with Crippen LogP contribution < -0.4 is 9.47 Å². The summed E-state index contributed by atoms with van der Waals surface area (Å²) in [5.74, 6) is 1.64. The molecule has 0 amide bonds. The molecular formula is C21H28O4. The van der Waals surface area contributed by atoms with Crippen molar-refractivity contribution >= 4 is 0 Å². The number of ether oxygens (including phenoxy) is 2. The van der Waals surface area contributed by atoms with E-state index in [0.717, 1.165) is 11.5 Å². The lowest BCUT2D eigenvalue weighted by Gasteiger charge is -2.26. The summed E-state index contributed by atoms with van der Waals surface area (Å²) < 4.78 is 11.2. The molecule has 25 heavy (non-hydrogen) atoms. The maximum Gasteiger partial charge on any atom is 0.119 e. The second-order valence-electron chi connectivity index (χ2n) is 6.52. The number of aliphatic hydroxyl groups excluding tert-OH is 2. The molecule has 0 heterocycles. The standard InChI is InChI=1S/C21H28O4/c1-21(2,17-5-9-19(10-6-17)24-15-3-13-22)18-7-11-20(12-8-18)25-16-4-14-23/h5-12,22-23H,3-4,13-16H2,1-2H3. The third-order valence-corrected chi connectivity index (χ3v) is 4.29. The fraction of sp³-hybridized carbons (Fsp3) is 0.429. The smallest absolute Gasteiger partial charge is 0.119 e. The van der Waals surface area contributed by atoms with Crippen molar-refractivity contribution in [1.29, 1.82) is 0 Å². The fourth-order valence-corrected chi connectivity index (χ4v) is 2.61. The Labute approximate surface area is 150 Å². The highest BCUT2D eigenvalue weighted by atomic mass is 16.5. The van der Waals surface area contributed by atoms with Gasteiger partial charge in [-0.2, -0.15) is 0 Å². The number of benzene rings is 2. The van der Waals surface area contributed by atoms with Crippen LogP contribution >= 0.6 is 0 Å². The van der Waals surface area contributed by atoms with E-state index >= 15 is 0 Å². The second kappa shape index (κ2) is 9.44. The maximum atomic E-state index is 8.80. The van der Waals surface area contributed by atoms with E-state index in [1.807, 2.05) is 24.3 Å². The molecule has 2 N–H and O–H groups in total. The lowest BCUT2D eigenvalue weighted by atomic mass is 9.78. The van der Waals surface area contributed by atoms with E-state index in [0.29, 0.717) is 26.1 Å². The molecule has 2 rings (SSSR count). The SMILES string of the molecule is CC(C)(c1ccc(OCCCO)cc1)c1ccc(OCCCO)cc1. The Bertz CT molecular complexity index is 562. The minimum atomic E-state index is -0.132.